The van der Waals surface area contributed by atoms with Crippen molar-refractivity contribution < 1.29 is 9.84 Å². The third-order valence-electron chi connectivity index (χ3n) is 3.68. The standard InChI is InChI=1S/C16H27NO2/c1-5-16(18,11-17)7-6-8-19-15-13(3)9-12(2)10-14(15)4/h9-10,18H,5-8,11,17H2,1-4H3. The van der Waals surface area contributed by atoms with Gasteiger partial charge in [0.05, 0.1) is 12.2 Å². The summed E-state index contributed by atoms with van der Waals surface area (Å²) in [6, 6.07) is 4.26. The van der Waals surface area contributed by atoms with Gasteiger partial charge in [-0.1, -0.05) is 24.6 Å². The zero-order chi connectivity index (χ0) is 14.5. The van der Waals surface area contributed by atoms with Gasteiger partial charge in [0.1, 0.15) is 5.75 Å². The lowest BCUT2D eigenvalue weighted by Gasteiger charge is -2.24. The van der Waals surface area contributed by atoms with Crippen LogP contribution in [0.1, 0.15) is 42.9 Å². The second-order valence-electron chi connectivity index (χ2n) is 5.46. The summed E-state index contributed by atoms with van der Waals surface area (Å²) in [7, 11) is 0. The highest BCUT2D eigenvalue weighted by atomic mass is 16.5. The smallest absolute Gasteiger partial charge is 0.125 e. The van der Waals surface area contributed by atoms with Gasteiger partial charge >= 0.3 is 0 Å². The number of rotatable bonds is 7. The molecule has 0 aliphatic heterocycles. The van der Waals surface area contributed by atoms with Crippen molar-refractivity contribution in [3.8, 4) is 5.75 Å². The van der Waals surface area contributed by atoms with E-state index in [1.54, 1.807) is 0 Å². The van der Waals surface area contributed by atoms with Crippen LogP contribution in [0.4, 0.5) is 0 Å². The van der Waals surface area contributed by atoms with Crippen molar-refractivity contribution in [2.24, 2.45) is 5.73 Å². The average Bonchev–Trinajstić information content (AvgIpc) is 2.36. The van der Waals surface area contributed by atoms with Crippen molar-refractivity contribution in [1.29, 1.82) is 0 Å². The molecule has 1 aromatic carbocycles. The van der Waals surface area contributed by atoms with Crippen molar-refractivity contribution >= 4 is 0 Å². The van der Waals surface area contributed by atoms with Crippen LogP contribution in [0.5, 0.6) is 5.75 Å². The molecule has 108 valence electrons. The predicted octanol–water partition coefficient (Wildman–Crippen LogP) is 2.87. The molecule has 3 nitrogen and oxygen atoms in total. The van der Waals surface area contributed by atoms with Gasteiger partial charge in [0.2, 0.25) is 0 Å². The van der Waals surface area contributed by atoms with Crippen molar-refractivity contribution in [1.82, 2.24) is 0 Å². The Morgan fingerprint density at radius 2 is 1.79 bits per heavy atom. The molecule has 1 rings (SSSR count). The zero-order valence-corrected chi connectivity index (χ0v) is 12.6. The summed E-state index contributed by atoms with van der Waals surface area (Å²) < 4.78 is 5.86. The van der Waals surface area contributed by atoms with E-state index in [0.29, 0.717) is 26.0 Å². The van der Waals surface area contributed by atoms with Gasteiger partial charge in [0.25, 0.3) is 0 Å². The number of aryl methyl sites for hydroxylation is 3. The van der Waals surface area contributed by atoms with E-state index in [4.69, 9.17) is 10.5 Å². The van der Waals surface area contributed by atoms with E-state index < -0.39 is 5.60 Å². The molecule has 0 bridgehead atoms. The first-order chi connectivity index (χ1) is 8.91. The van der Waals surface area contributed by atoms with E-state index >= 15 is 0 Å². The average molecular weight is 265 g/mol. The van der Waals surface area contributed by atoms with Crippen LogP contribution in [-0.4, -0.2) is 23.9 Å². The fourth-order valence-corrected chi connectivity index (χ4v) is 2.39. The molecule has 0 aliphatic rings. The van der Waals surface area contributed by atoms with Crippen LogP contribution in [0.3, 0.4) is 0 Å². The monoisotopic (exact) mass is 265 g/mol. The van der Waals surface area contributed by atoms with Gasteiger partial charge in [0.15, 0.2) is 0 Å². The molecule has 0 aromatic heterocycles. The fraction of sp³-hybridized carbons (Fsp3) is 0.625. The van der Waals surface area contributed by atoms with Crippen molar-refractivity contribution in [2.75, 3.05) is 13.2 Å². The summed E-state index contributed by atoms with van der Waals surface area (Å²) in [6.07, 6.45) is 2.18. The van der Waals surface area contributed by atoms with Crippen LogP contribution in [0.25, 0.3) is 0 Å². The molecule has 0 radical (unpaired) electrons. The topological polar surface area (TPSA) is 55.5 Å². The van der Waals surface area contributed by atoms with E-state index in [1.165, 1.54) is 16.7 Å². The summed E-state index contributed by atoms with van der Waals surface area (Å²) in [5.74, 6) is 0.971. The van der Waals surface area contributed by atoms with E-state index in [1.807, 2.05) is 6.92 Å². The Bertz CT molecular complexity index is 388. The van der Waals surface area contributed by atoms with E-state index in [0.717, 1.165) is 12.2 Å². The molecule has 0 amide bonds. The first kappa shape index (κ1) is 16.0. The molecule has 0 aliphatic carbocycles. The largest absolute Gasteiger partial charge is 0.493 e. The Hall–Kier alpha value is -1.06. The lowest BCUT2D eigenvalue weighted by molar-refractivity contribution is 0.0308. The SMILES string of the molecule is CCC(O)(CN)CCCOc1c(C)cc(C)cc1C. The number of hydrogen-bond donors (Lipinski definition) is 2. The highest BCUT2D eigenvalue weighted by Crippen LogP contribution is 2.25. The van der Waals surface area contributed by atoms with Gasteiger partial charge in [-0.3, -0.25) is 0 Å². The third-order valence-corrected chi connectivity index (χ3v) is 3.68. The van der Waals surface area contributed by atoms with Gasteiger partial charge in [0, 0.05) is 6.54 Å². The Labute approximate surface area is 116 Å². The summed E-state index contributed by atoms with van der Waals surface area (Å²) in [5.41, 5.74) is 8.44. The maximum atomic E-state index is 10.1. The Balaban J connectivity index is 2.50. The quantitative estimate of drug-likeness (QED) is 0.745. The van der Waals surface area contributed by atoms with Crippen LogP contribution < -0.4 is 10.5 Å². The van der Waals surface area contributed by atoms with Crippen LogP contribution in [-0.2, 0) is 0 Å². The van der Waals surface area contributed by atoms with Gasteiger partial charge < -0.3 is 15.6 Å². The Morgan fingerprint density at radius 1 is 1.21 bits per heavy atom. The van der Waals surface area contributed by atoms with Crippen LogP contribution >= 0.6 is 0 Å². The molecule has 0 fully saturated rings. The van der Waals surface area contributed by atoms with Crippen molar-refractivity contribution in [3.63, 3.8) is 0 Å². The zero-order valence-electron chi connectivity index (χ0n) is 12.6. The highest BCUT2D eigenvalue weighted by Gasteiger charge is 2.21. The molecular formula is C16H27NO2. The van der Waals surface area contributed by atoms with Crippen LogP contribution in [0.2, 0.25) is 0 Å². The number of benzene rings is 1. The molecule has 1 unspecified atom stereocenters. The normalized spacial score (nSPS) is 14.2. The van der Waals surface area contributed by atoms with Crippen LogP contribution in [0, 0.1) is 20.8 Å². The maximum Gasteiger partial charge on any atom is 0.125 e. The fourth-order valence-electron chi connectivity index (χ4n) is 2.39. The molecule has 0 saturated heterocycles. The van der Waals surface area contributed by atoms with Crippen LogP contribution in [0.15, 0.2) is 12.1 Å². The van der Waals surface area contributed by atoms with Gasteiger partial charge in [-0.15, -0.1) is 0 Å². The molecule has 0 heterocycles. The lowest BCUT2D eigenvalue weighted by atomic mass is 9.95. The second-order valence-corrected chi connectivity index (χ2v) is 5.46. The predicted molar refractivity (Wildman–Crippen MR) is 79.7 cm³/mol. The Kier molecular flexibility index (Phi) is 5.83. The third kappa shape index (κ3) is 4.51. The maximum absolute atomic E-state index is 10.1. The minimum absolute atomic E-state index is 0.312. The molecule has 1 atom stereocenters. The van der Waals surface area contributed by atoms with Crippen molar-refractivity contribution in [2.45, 2.75) is 52.6 Å². The Morgan fingerprint density at radius 3 is 2.26 bits per heavy atom. The van der Waals surface area contributed by atoms with Gasteiger partial charge in [-0.05, 0) is 51.2 Å². The van der Waals surface area contributed by atoms with Crippen molar-refractivity contribution in [3.05, 3.63) is 28.8 Å². The number of ether oxygens (including phenoxy) is 1. The van der Waals surface area contributed by atoms with E-state index in [-0.39, 0.29) is 0 Å². The molecular weight excluding hydrogens is 238 g/mol. The first-order valence-electron chi connectivity index (χ1n) is 7.05. The van der Waals surface area contributed by atoms with Gasteiger partial charge in [-0.2, -0.15) is 0 Å². The molecule has 3 N–H and O–H groups in total. The second kappa shape index (κ2) is 6.92. The summed E-state index contributed by atoms with van der Waals surface area (Å²) in [5, 5.41) is 10.1. The number of nitrogens with two attached hydrogens (primary N) is 1. The molecule has 1 aromatic rings. The minimum Gasteiger partial charge on any atom is -0.493 e. The van der Waals surface area contributed by atoms with E-state index in [9.17, 15) is 5.11 Å². The molecule has 19 heavy (non-hydrogen) atoms. The molecule has 0 saturated carbocycles. The molecule has 0 spiro atoms. The summed E-state index contributed by atoms with van der Waals surface area (Å²) >= 11 is 0. The number of aliphatic hydroxyl groups is 1. The summed E-state index contributed by atoms with van der Waals surface area (Å²) in [4.78, 5) is 0. The minimum atomic E-state index is -0.735. The molecule has 3 heteroatoms. The summed E-state index contributed by atoms with van der Waals surface area (Å²) in [6.45, 7) is 9.11. The van der Waals surface area contributed by atoms with E-state index in [2.05, 4.69) is 32.9 Å². The number of hydrogen-bond acceptors (Lipinski definition) is 3. The lowest BCUT2D eigenvalue weighted by Crippen LogP contribution is -2.37. The first-order valence-corrected chi connectivity index (χ1v) is 7.05. The highest BCUT2D eigenvalue weighted by molar-refractivity contribution is 5.42. The van der Waals surface area contributed by atoms with Gasteiger partial charge in [-0.25, -0.2) is 0 Å².